The fourth-order valence-corrected chi connectivity index (χ4v) is 1.92. The monoisotopic (exact) mass is 233 g/mol. The Balaban J connectivity index is 2.25. The van der Waals surface area contributed by atoms with Crippen LogP contribution in [0.15, 0.2) is 36.9 Å². The minimum atomic E-state index is 0.000294. The van der Waals surface area contributed by atoms with Gasteiger partial charge in [-0.05, 0) is 28.8 Å². The number of hydrogen-bond donors (Lipinski definition) is 2. The number of hydrogen-bond acceptors (Lipinski definition) is 2. The lowest BCUT2D eigenvalue weighted by Gasteiger charge is -2.05. The van der Waals surface area contributed by atoms with Crippen LogP contribution in [0.1, 0.15) is 16.7 Å². The molecule has 0 aliphatic heterocycles. The van der Waals surface area contributed by atoms with Crippen molar-refractivity contribution in [3.05, 3.63) is 53.6 Å². The van der Waals surface area contributed by atoms with Gasteiger partial charge in [0.15, 0.2) is 0 Å². The number of aryl methyl sites for hydroxylation is 1. The van der Waals surface area contributed by atoms with E-state index in [2.05, 4.69) is 4.57 Å². The van der Waals surface area contributed by atoms with E-state index in [4.69, 9.17) is 10.2 Å². The molecule has 4 heteroatoms. The van der Waals surface area contributed by atoms with Crippen molar-refractivity contribution in [3.8, 4) is 0 Å². The van der Waals surface area contributed by atoms with E-state index >= 15 is 0 Å². The zero-order valence-electron chi connectivity index (χ0n) is 9.87. The lowest BCUT2D eigenvalue weighted by Crippen LogP contribution is -2.23. The lowest BCUT2D eigenvalue weighted by atomic mass is 10.1. The Hall–Kier alpha value is -1.65. The van der Waals surface area contributed by atoms with Gasteiger partial charge in [0.25, 0.3) is 0 Å². The highest BCUT2D eigenvalue weighted by molar-refractivity contribution is 5.29. The molecule has 2 rings (SSSR count). The summed E-state index contributed by atoms with van der Waals surface area (Å²) in [6.45, 7) is 0.738. The number of benzene rings is 1. The summed E-state index contributed by atoms with van der Waals surface area (Å²) in [5.74, 6) is 0. The van der Waals surface area contributed by atoms with Crippen molar-refractivity contribution in [1.29, 1.82) is 0 Å². The zero-order chi connectivity index (χ0) is 12.3. The number of nitrogens with zero attached hydrogens (tertiary/aromatic N) is 2. The van der Waals surface area contributed by atoms with Crippen LogP contribution in [0.2, 0.25) is 0 Å². The summed E-state index contributed by atoms with van der Waals surface area (Å²) in [5, 5.41) is 18.3. The van der Waals surface area contributed by atoms with E-state index in [1.807, 2.05) is 48.5 Å². The molecular formula is C13H17N2O2+. The molecular weight excluding hydrogens is 216 g/mol. The first kappa shape index (κ1) is 11.8. The van der Waals surface area contributed by atoms with E-state index in [0.29, 0.717) is 0 Å². The zero-order valence-corrected chi connectivity index (χ0v) is 9.87. The maximum Gasteiger partial charge on any atom is 0.243 e. The first-order valence-electron chi connectivity index (χ1n) is 5.55. The summed E-state index contributed by atoms with van der Waals surface area (Å²) in [6.07, 6.45) is 5.96. The molecule has 0 atom stereocenters. The number of imidazole rings is 1. The normalized spacial score (nSPS) is 10.8. The number of aromatic nitrogens is 2. The third-order valence-corrected chi connectivity index (χ3v) is 2.67. The van der Waals surface area contributed by atoms with Crippen LogP contribution in [0.4, 0.5) is 0 Å². The first-order chi connectivity index (χ1) is 8.21. The third-order valence-electron chi connectivity index (χ3n) is 2.67. The Bertz CT molecular complexity index is 484. The fraction of sp³-hybridized carbons (Fsp3) is 0.308. The lowest BCUT2D eigenvalue weighted by molar-refractivity contribution is -0.671. The topological polar surface area (TPSA) is 49.3 Å². The van der Waals surface area contributed by atoms with Gasteiger partial charge in [-0.25, -0.2) is 9.13 Å². The SMILES string of the molecule is C[n+]1ccn(Cc2cc(CO)cc(CO)c2)c1. The van der Waals surface area contributed by atoms with E-state index in [9.17, 15) is 0 Å². The van der Waals surface area contributed by atoms with Crippen LogP contribution in [0.5, 0.6) is 0 Å². The minimum Gasteiger partial charge on any atom is -0.392 e. The molecule has 1 aromatic carbocycles. The molecule has 0 radical (unpaired) electrons. The van der Waals surface area contributed by atoms with Gasteiger partial charge in [0.1, 0.15) is 18.9 Å². The fourth-order valence-electron chi connectivity index (χ4n) is 1.92. The Morgan fingerprint density at radius 1 is 1.06 bits per heavy atom. The van der Waals surface area contributed by atoms with E-state index in [1.54, 1.807) is 0 Å². The highest BCUT2D eigenvalue weighted by atomic mass is 16.3. The van der Waals surface area contributed by atoms with Gasteiger partial charge in [0, 0.05) is 0 Å². The number of rotatable bonds is 4. The maximum absolute atomic E-state index is 9.16. The Morgan fingerprint density at radius 2 is 1.65 bits per heavy atom. The summed E-state index contributed by atoms with van der Waals surface area (Å²) in [6, 6.07) is 5.73. The van der Waals surface area contributed by atoms with Crippen molar-refractivity contribution in [3.63, 3.8) is 0 Å². The highest BCUT2D eigenvalue weighted by Crippen LogP contribution is 2.12. The predicted molar refractivity (Wildman–Crippen MR) is 63.0 cm³/mol. The second kappa shape index (κ2) is 5.12. The van der Waals surface area contributed by atoms with Crippen molar-refractivity contribution in [2.45, 2.75) is 19.8 Å². The molecule has 0 aliphatic carbocycles. The molecule has 90 valence electrons. The van der Waals surface area contributed by atoms with Crippen LogP contribution in [0.3, 0.4) is 0 Å². The third kappa shape index (κ3) is 2.93. The molecule has 0 saturated heterocycles. The van der Waals surface area contributed by atoms with Gasteiger partial charge in [0.05, 0.1) is 20.3 Å². The van der Waals surface area contributed by atoms with Crippen LogP contribution in [0, 0.1) is 0 Å². The summed E-state index contributed by atoms with van der Waals surface area (Å²) in [5.41, 5.74) is 2.75. The average molecular weight is 233 g/mol. The maximum atomic E-state index is 9.16. The Morgan fingerprint density at radius 3 is 2.12 bits per heavy atom. The van der Waals surface area contributed by atoms with Gasteiger partial charge < -0.3 is 10.2 Å². The molecule has 0 aliphatic rings. The molecule has 1 heterocycles. The molecule has 2 aromatic rings. The molecule has 17 heavy (non-hydrogen) atoms. The van der Waals surface area contributed by atoms with Crippen molar-refractivity contribution in [2.75, 3.05) is 0 Å². The summed E-state index contributed by atoms with van der Waals surface area (Å²) >= 11 is 0. The summed E-state index contributed by atoms with van der Waals surface area (Å²) < 4.78 is 4.03. The van der Waals surface area contributed by atoms with Crippen LogP contribution >= 0.6 is 0 Å². The van der Waals surface area contributed by atoms with Crippen molar-refractivity contribution < 1.29 is 14.8 Å². The van der Waals surface area contributed by atoms with Gasteiger partial charge in [-0.15, -0.1) is 0 Å². The standard InChI is InChI=1S/C13H17N2O2/c1-14-2-3-15(10-14)7-11-4-12(8-16)6-13(5-11)9-17/h2-6,10,16-17H,7-9H2,1H3/q+1. The largest absolute Gasteiger partial charge is 0.392 e. The Labute approximate surface area is 100 Å². The number of aliphatic hydroxyl groups is 2. The van der Waals surface area contributed by atoms with Crippen LogP contribution in [-0.2, 0) is 26.8 Å². The molecule has 0 unspecified atom stereocenters. The quantitative estimate of drug-likeness (QED) is 0.748. The minimum absolute atomic E-state index is 0.000294. The second-order valence-corrected chi connectivity index (χ2v) is 4.23. The molecule has 0 spiro atoms. The van der Waals surface area contributed by atoms with E-state index in [-0.39, 0.29) is 13.2 Å². The molecule has 2 N–H and O–H groups in total. The van der Waals surface area contributed by atoms with E-state index < -0.39 is 0 Å². The summed E-state index contributed by atoms with van der Waals surface area (Å²) in [4.78, 5) is 0. The highest BCUT2D eigenvalue weighted by Gasteiger charge is 2.05. The van der Waals surface area contributed by atoms with Crippen molar-refractivity contribution in [2.24, 2.45) is 7.05 Å². The molecule has 4 nitrogen and oxygen atoms in total. The summed E-state index contributed by atoms with van der Waals surface area (Å²) in [7, 11) is 1.97. The molecule has 0 fully saturated rings. The van der Waals surface area contributed by atoms with Gasteiger partial charge in [-0.1, -0.05) is 6.07 Å². The van der Waals surface area contributed by atoms with Gasteiger partial charge in [0.2, 0.25) is 6.33 Å². The van der Waals surface area contributed by atoms with Gasteiger partial charge >= 0.3 is 0 Å². The van der Waals surface area contributed by atoms with E-state index in [0.717, 1.165) is 23.2 Å². The molecule has 0 bridgehead atoms. The Kier molecular flexibility index (Phi) is 3.56. The molecule has 1 aromatic heterocycles. The number of aliphatic hydroxyl groups excluding tert-OH is 2. The smallest absolute Gasteiger partial charge is 0.243 e. The van der Waals surface area contributed by atoms with E-state index in [1.165, 1.54) is 0 Å². The van der Waals surface area contributed by atoms with Crippen molar-refractivity contribution >= 4 is 0 Å². The molecule has 0 saturated carbocycles. The van der Waals surface area contributed by atoms with Crippen molar-refractivity contribution in [1.82, 2.24) is 4.57 Å². The average Bonchev–Trinajstić information content (AvgIpc) is 2.74. The van der Waals surface area contributed by atoms with Crippen LogP contribution in [-0.4, -0.2) is 14.8 Å². The van der Waals surface area contributed by atoms with Crippen LogP contribution in [0.25, 0.3) is 0 Å². The molecule has 0 amide bonds. The van der Waals surface area contributed by atoms with Gasteiger partial charge in [-0.2, -0.15) is 0 Å². The van der Waals surface area contributed by atoms with Crippen LogP contribution < -0.4 is 4.57 Å². The predicted octanol–water partition coefficient (Wildman–Crippen LogP) is 0.345. The second-order valence-electron chi connectivity index (χ2n) is 4.23. The first-order valence-corrected chi connectivity index (χ1v) is 5.55. The van der Waals surface area contributed by atoms with Gasteiger partial charge in [-0.3, -0.25) is 0 Å².